The van der Waals surface area contributed by atoms with Crippen molar-refractivity contribution in [3.8, 4) is 0 Å². The van der Waals surface area contributed by atoms with E-state index in [0.29, 0.717) is 0 Å². The Morgan fingerprint density at radius 3 is 2.16 bits per heavy atom. The van der Waals surface area contributed by atoms with Crippen molar-refractivity contribution < 1.29 is 27.9 Å². The monoisotopic (exact) mass is 295 g/mol. The van der Waals surface area contributed by atoms with Crippen LogP contribution >= 0.6 is 0 Å². The zero-order valence-electron chi connectivity index (χ0n) is 11.5. The minimum Gasteiger partial charge on any atom is -0.480 e. The third kappa shape index (κ3) is 6.02. The van der Waals surface area contributed by atoms with Gasteiger partial charge in [-0.15, -0.1) is 0 Å². The van der Waals surface area contributed by atoms with E-state index in [9.17, 15) is 18.0 Å². The molecule has 0 aromatic heterocycles. The number of nitrogens with one attached hydrogen (secondary N) is 1. The third-order valence-corrected chi connectivity index (χ3v) is 4.58. The van der Waals surface area contributed by atoms with Gasteiger partial charge >= 0.3 is 5.97 Å². The summed E-state index contributed by atoms with van der Waals surface area (Å²) in [7, 11) is -2.58. The highest BCUT2D eigenvalue weighted by atomic mass is 32.2. The Kier molecular flexibility index (Phi) is 6.99. The van der Waals surface area contributed by atoms with E-state index in [1.54, 1.807) is 6.92 Å². The van der Waals surface area contributed by atoms with Crippen molar-refractivity contribution >= 4 is 21.7 Å². The zero-order valence-corrected chi connectivity index (χ0v) is 12.4. The van der Waals surface area contributed by atoms with Crippen molar-refractivity contribution in [2.45, 2.75) is 32.1 Å². The molecule has 7 nitrogen and oxygen atoms in total. The highest BCUT2D eigenvalue weighted by Crippen LogP contribution is 2.13. The molecule has 0 rings (SSSR count). The van der Waals surface area contributed by atoms with E-state index >= 15 is 0 Å². The van der Waals surface area contributed by atoms with Gasteiger partial charge in [0.25, 0.3) is 0 Å². The van der Waals surface area contributed by atoms with E-state index in [1.165, 1.54) is 21.0 Å². The Hall–Kier alpha value is -1.15. The zero-order chi connectivity index (χ0) is 15.2. The van der Waals surface area contributed by atoms with Crippen LogP contribution in [0.1, 0.15) is 20.8 Å². The summed E-state index contributed by atoms with van der Waals surface area (Å²) in [6, 6.07) is -0.338. The molecule has 2 unspecified atom stereocenters. The SMILES string of the molecule is COCC(C)NC(=O)CS(=O)(=O)C(C(=O)O)C(C)C. The molecule has 0 aliphatic carbocycles. The van der Waals surface area contributed by atoms with Crippen molar-refractivity contribution in [2.75, 3.05) is 19.5 Å². The minimum atomic E-state index is -4.03. The summed E-state index contributed by atoms with van der Waals surface area (Å²) in [6.07, 6.45) is 0. The summed E-state index contributed by atoms with van der Waals surface area (Å²) in [6.45, 7) is 4.88. The first kappa shape index (κ1) is 17.8. The molecule has 0 aromatic rings. The summed E-state index contributed by atoms with van der Waals surface area (Å²) < 4.78 is 28.6. The van der Waals surface area contributed by atoms with Crippen LogP contribution in [0.4, 0.5) is 0 Å². The number of carbonyl (C=O) groups is 2. The number of rotatable bonds is 8. The molecule has 0 aromatic carbocycles. The number of carbonyl (C=O) groups excluding carboxylic acids is 1. The van der Waals surface area contributed by atoms with E-state index in [1.807, 2.05) is 0 Å². The van der Waals surface area contributed by atoms with Crippen molar-refractivity contribution in [2.24, 2.45) is 5.92 Å². The molecule has 19 heavy (non-hydrogen) atoms. The molecule has 0 fully saturated rings. The van der Waals surface area contributed by atoms with Crippen molar-refractivity contribution in [3.63, 3.8) is 0 Å². The number of ether oxygens (including phenoxy) is 1. The Bertz CT molecular complexity index is 417. The summed E-state index contributed by atoms with van der Waals surface area (Å²) in [4.78, 5) is 22.5. The van der Waals surface area contributed by atoms with Crippen LogP contribution in [0.2, 0.25) is 0 Å². The van der Waals surface area contributed by atoms with E-state index in [4.69, 9.17) is 9.84 Å². The van der Waals surface area contributed by atoms with Crippen LogP contribution in [-0.2, 0) is 24.2 Å². The predicted octanol–water partition coefficient (Wildman–Crippen LogP) is -0.338. The van der Waals surface area contributed by atoms with Crippen LogP contribution in [0.15, 0.2) is 0 Å². The van der Waals surface area contributed by atoms with Gasteiger partial charge in [-0.2, -0.15) is 0 Å². The highest BCUT2D eigenvalue weighted by Gasteiger charge is 2.36. The van der Waals surface area contributed by atoms with Gasteiger partial charge in [0.15, 0.2) is 15.1 Å². The Labute approximate surface area is 113 Å². The second kappa shape index (κ2) is 7.44. The molecule has 112 valence electrons. The van der Waals surface area contributed by atoms with Gasteiger partial charge in [0.1, 0.15) is 5.75 Å². The Morgan fingerprint density at radius 2 is 1.79 bits per heavy atom. The number of aliphatic carboxylic acids is 1. The van der Waals surface area contributed by atoms with Crippen LogP contribution in [0, 0.1) is 5.92 Å². The second-order valence-electron chi connectivity index (χ2n) is 4.73. The van der Waals surface area contributed by atoms with Crippen LogP contribution in [-0.4, -0.2) is 56.2 Å². The van der Waals surface area contributed by atoms with Gasteiger partial charge in [-0.1, -0.05) is 13.8 Å². The average molecular weight is 295 g/mol. The van der Waals surface area contributed by atoms with Gasteiger partial charge in [-0.05, 0) is 12.8 Å². The quantitative estimate of drug-likeness (QED) is 0.634. The molecular weight excluding hydrogens is 274 g/mol. The lowest BCUT2D eigenvalue weighted by atomic mass is 10.1. The number of carboxylic acids is 1. The third-order valence-electron chi connectivity index (χ3n) is 2.39. The number of methoxy groups -OCH3 is 1. The average Bonchev–Trinajstić information content (AvgIpc) is 2.12. The summed E-state index contributed by atoms with van der Waals surface area (Å²) in [5, 5.41) is 9.79. The number of sulfone groups is 1. The van der Waals surface area contributed by atoms with Crippen molar-refractivity contribution in [3.05, 3.63) is 0 Å². The van der Waals surface area contributed by atoms with Gasteiger partial charge < -0.3 is 15.2 Å². The Morgan fingerprint density at radius 1 is 1.26 bits per heavy atom. The number of hydrogen-bond donors (Lipinski definition) is 2. The molecule has 0 aliphatic heterocycles. The van der Waals surface area contributed by atoms with Crippen molar-refractivity contribution in [1.82, 2.24) is 5.32 Å². The number of amides is 1. The minimum absolute atomic E-state index is 0.248. The molecule has 0 heterocycles. The van der Waals surface area contributed by atoms with Crippen LogP contribution in [0.5, 0.6) is 0 Å². The van der Waals surface area contributed by atoms with Crippen LogP contribution < -0.4 is 5.32 Å². The fraction of sp³-hybridized carbons (Fsp3) is 0.818. The van der Waals surface area contributed by atoms with E-state index in [0.717, 1.165) is 0 Å². The van der Waals surface area contributed by atoms with Gasteiger partial charge in [0, 0.05) is 13.2 Å². The number of carboxylic acid groups (broad SMARTS) is 1. The first-order chi connectivity index (χ1) is 8.61. The van der Waals surface area contributed by atoms with Gasteiger partial charge in [-0.25, -0.2) is 8.42 Å². The molecule has 2 atom stereocenters. The summed E-state index contributed by atoms with van der Waals surface area (Å²) in [5.74, 6) is -3.60. The largest absolute Gasteiger partial charge is 0.480 e. The molecule has 1 amide bonds. The number of hydrogen-bond acceptors (Lipinski definition) is 5. The standard InChI is InChI=1S/C11H21NO6S/c1-7(2)10(11(14)15)19(16,17)6-9(13)12-8(3)5-18-4/h7-8,10H,5-6H2,1-4H3,(H,12,13)(H,14,15). The van der Waals surface area contributed by atoms with Crippen LogP contribution in [0.3, 0.4) is 0 Å². The van der Waals surface area contributed by atoms with Gasteiger partial charge in [-0.3, -0.25) is 9.59 Å². The summed E-state index contributed by atoms with van der Waals surface area (Å²) >= 11 is 0. The van der Waals surface area contributed by atoms with Crippen molar-refractivity contribution in [1.29, 1.82) is 0 Å². The fourth-order valence-corrected chi connectivity index (χ4v) is 3.50. The maximum Gasteiger partial charge on any atom is 0.322 e. The highest BCUT2D eigenvalue weighted by molar-refractivity contribution is 7.93. The molecule has 0 aliphatic rings. The van der Waals surface area contributed by atoms with E-state index < -0.39 is 38.6 Å². The topological polar surface area (TPSA) is 110 Å². The fourth-order valence-electron chi connectivity index (χ4n) is 1.73. The molecular formula is C11H21NO6S. The molecule has 0 radical (unpaired) electrons. The maximum absolute atomic E-state index is 11.9. The lowest BCUT2D eigenvalue weighted by Gasteiger charge is -2.18. The van der Waals surface area contributed by atoms with E-state index in [2.05, 4.69) is 5.32 Å². The first-order valence-electron chi connectivity index (χ1n) is 5.84. The first-order valence-corrected chi connectivity index (χ1v) is 7.56. The Balaban J connectivity index is 4.76. The lowest BCUT2D eigenvalue weighted by molar-refractivity contribution is -0.137. The predicted molar refractivity (Wildman–Crippen MR) is 69.5 cm³/mol. The summed E-state index contributed by atoms with van der Waals surface area (Å²) in [5.41, 5.74) is 0. The normalized spacial score (nSPS) is 15.0. The molecule has 0 saturated heterocycles. The van der Waals surface area contributed by atoms with Gasteiger partial charge in [0.2, 0.25) is 5.91 Å². The molecule has 0 bridgehead atoms. The molecule has 8 heteroatoms. The molecule has 0 saturated carbocycles. The van der Waals surface area contributed by atoms with Crippen LogP contribution in [0.25, 0.3) is 0 Å². The maximum atomic E-state index is 11.9. The molecule has 0 spiro atoms. The van der Waals surface area contributed by atoms with Gasteiger partial charge in [0.05, 0.1) is 6.61 Å². The lowest BCUT2D eigenvalue weighted by Crippen LogP contribution is -2.44. The second-order valence-corrected chi connectivity index (χ2v) is 6.86. The molecule has 2 N–H and O–H groups in total. The smallest absolute Gasteiger partial charge is 0.322 e. The van der Waals surface area contributed by atoms with E-state index in [-0.39, 0.29) is 12.6 Å².